The molecule has 1 amide bonds. The molecule has 0 fully saturated rings. The average Bonchev–Trinajstić information content (AvgIpc) is 2.58. The van der Waals surface area contributed by atoms with Gasteiger partial charge in [0.15, 0.2) is 6.10 Å². The summed E-state index contributed by atoms with van der Waals surface area (Å²) in [5.74, 6) is 1.18. The Morgan fingerprint density at radius 3 is 2.31 bits per heavy atom. The lowest BCUT2D eigenvalue weighted by Gasteiger charge is -2.24. The third-order valence-corrected chi connectivity index (χ3v) is 4.66. The van der Waals surface area contributed by atoms with Crippen LogP contribution in [-0.2, 0) is 4.79 Å². The van der Waals surface area contributed by atoms with Crippen molar-refractivity contribution in [1.29, 1.82) is 0 Å². The normalized spacial score (nSPS) is 13.3. The van der Waals surface area contributed by atoms with E-state index in [2.05, 4.69) is 44.3 Å². The van der Waals surface area contributed by atoms with Gasteiger partial charge in [-0.05, 0) is 68.4 Å². The van der Waals surface area contributed by atoms with Gasteiger partial charge in [-0.3, -0.25) is 4.79 Å². The van der Waals surface area contributed by atoms with Gasteiger partial charge in [-0.25, -0.2) is 0 Å². The number of benzene rings is 2. The second-order valence-electron chi connectivity index (χ2n) is 7.57. The molecule has 2 unspecified atom stereocenters. The van der Waals surface area contributed by atoms with Crippen LogP contribution in [0.25, 0.3) is 0 Å². The highest BCUT2D eigenvalue weighted by molar-refractivity contribution is 5.81. The molecule has 2 rings (SSSR count). The molecular formula is C23H31NO2. The Morgan fingerprint density at radius 1 is 1.04 bits per heavy atom. The van der Waals surface area contributed by atoms with Crippen molar-refractivity contribution in [2.24, 2.45) is 5.92 Å². The zero-order chi connectivity index (χ0) is 19.3. The zero-order valence-corrected chi connectivity index (χ0v) is 16.8. The van der Waals surface area contributed by atoms with Crippen LogP contribution < -0.4 is 10.1 Å². The van der Waals surface area contributed by atoms with E-state index in [1.54, 1.807) is 0 Å². The summed E-state index contributed by atoms with van der Waals surface area (Å²) in [6.07, 6.45) is 0.346. The highest BCUT2D eigenvalue weighted by Gasteiger charge is 2.21. The third-order valence-electron chi connectivity index (χ3n) is 4.66. The lowest BCUT2D eigenvalue weighted by atomic mass is 9.97. The first-order valence-electron chi connectivity index (χ1n) is 9.37. The quantitative estimate of drug-likeness (QED) is 0.735. The van der Waals surface area contributed by atoms with Crippen molar-refractivity contribution >= 4 is 5.91 Å². The maximum absolute atomic E-state index is 12.8. The fourth-order valence-corrected chi connectivity index (χ4v) is 3.09. The van der Waals surface area contributed by atoms with Crippen molar-refractivity contribution in [3.63, 3.8) is 0 Å². The molecular weight excluding hydrogens is 322 g/mol. The largest absolute Gasteiger partial charge is 0.481 e. The van der Waals surface area contributed by atoms with Crippen molar-refractivity contribution in [3.8, 4) is 5.75 Å². The molecule has 0 saturated heterocycles. The molecule has 0 heterocycles. The Hall–Kier alpha value is -2.29. The molecule has 3 nitrogen and oxygen atoms in total. The Kier molecular flexibility index (Phi) is 6.84. The number of carbonyl (C=O) groups excluding carboxylic acids is 1. The van der Waals surface area contributed by atoms with Crippen molar-refractivity contribution in [2.45, 2.75) is 60.1 Å². The summed E-state index contributed by atoms with van der Waals surface area (Å²) in [7, 11) is 0. The lowest BCUT2D eigenvalue weighted by molar-refractivity contribution is -0.128. The number of hydrogen-bond acceptors (Lipinski definition) is 2. The van der Waals surface area contributed by atoms with E-state index in [1.807, 2.05) is 45.0 Å². The molecule has 2 atom stereocenters. The molecule has 1 N–H and O–H groups in total. The standard InChI is InChI=1S/C23H31NO2/c1-15(2)12-21(20-10-8-7-9-11-20)24-23(25)19(6)26-22-14-16(3)13-17(4)18(22)5/h7-11,13-15,19,21H,12H2,1-6H3,(H,24,25). The molecule has 140 valence electrons. The summed E-state index contributed by atoms with van der Waals surface area (Å²) >= 11 is 0. The van der Waals surface area contributed by atoms with Gasteiger partial charge in [-0.1, -0.05) is 50.2 Å². The lowest BCUT2D eigenvalue weighted by Crippen LogP contribution is -2.39. The first-order chi connectivity index (χ1) is 12.3. The van der Waals surface area contributed by atoms with Gasteiger partial charge in [-0.15, -0.1) is 0 Å². The summed E-state index contributed by atoms with van der Waals surface area (Å²) in [6, 6.07) is 14.2. The fourth-order valence-electron chi connectivity index (χ4n) is 3.09. The van der Waals surface area contributed by atoms with Crippen LogP contribution in [0.4, 0.5) is 0 Å². The van der Waals surface area contributed by atoms with Gasteiger partial charge >= 0.3 is 0 Å². The van der Waals surface area contributed by atoms with Crippen LogP contribution in [0.1, 0.15) is 55.5 Å². The minimum absolute atomic E-state index is 0.00454. The predicted molar refractivity (Wildman–Crippen MR) is 108 cm³/mol. The second kappa shape index (κ2) is 8.88. The number of nitrogens with one attached hydrogen (secondary N) is 1. The summed E-state index contributed by atoms with van der Waals surface area (Å²) in [5.41, 5.74) is 4.52. The van der Waals surface area contributed by atoms with Crippen LogP contribution in [0.15, 0.2) is 42.5 Å². The molecule has 0 aliphatic heterocycles. The Morgan fingerprint density at radius 2 is 1.69 bits per heavy atom. The van der Waals surface area contributed by atoms with Crippen LogP contribution in [0.3, 0.4) is 0 Å². The van der Waals surface area contributed by atoms with Gasteiger partial charge in [0.05, 0.1) is 6.04 Å². The molecule has 3 heteroatoms. The molecule has 2 aromatic rings. The SMILES string of the molecule is Cc1cc(C)c(C)c(OC(C)C(=O)NC(CC(C)C)c2ccccc2)c1. The highest BCUT2D eigenvalue weighted by Crippen LogP contribution is 2.25. The van der Waals surface area contributed by atoms with Crippen LogP contribution in [-0.4, -0.2) is 12.0 Å². The Balaban J connectivity index is 2.11. The highest BCUT2D eigenvalue weighted by atomic mass is 16.5. The van der Waals surface area contributed by atoms with E-state index in [0.717, 1.165) is 28.9 Å². The summed E-state index contributed by atoms with van der Waals surface area (Å²) in [5, 5.41) is 3.17. The topological polar surface area (TPSA) is 38.3 Å². The smallest absolute Gasteiger partial charge is 0.261 e. The number of amides is 1. The first kappa shape index (κ1) is 20.0. The minimum Gasteiger partial charge on any atom is -0.481 e. The zero-order valence-electron chi connectivity index (χ0n) is 16.8. The van der Waals surface area contributed by atoms with Crippen LogP contribution in [0.2, 0.25) is 0 Å². The number of hydrogen-bond donors (Lipinski definition) is 1. The van der Waals surface area contributed by atoms with Crippen molar-refractivity contribution in [1.82, 2.24) is 5.32 Å². The monoisotopic (exact) mass is 353 g/mol. The van der Waals surface area contributed by atoms with E-state index in [1.165, 1.54) is 5.56 Å². The molecule has 0 saturated carbocycles. The molecule has 26 heavy (non-hydrogen) atoms. The van der Waals surface area contributed by atoms with Gasteiger partial charge in [-0.2, -0.15) is 0 Å². The van der Waals surface area contributed by atoms with Crippen molar-refractivity contribution in [3.05, 3.63) is 64.7 Å². The maximum atomic E-state index is 12.8. The molecule has 0 bridgehead atoms. The van der Waals surface area contributed by atoms with Gasteiger partial charge in [0.1, 0.15) is 5.75 Å². The van der Waals surface area contributed by atoms with Crippen LogP contribution in [0.5, 0.6) is 5.75 Å². The van der Waals surface area contributed by atoms with Crippen molar-refractivity contribution in [2.75, 3.05) is 0 Å². The number of aryl methyl sites for hydroxylation is 2. The van der Waals surface area contributed by atoms with Gasteiger partial charge in [0.2, 0.25) is 0 Å². The number of ether oxygens (including phenoxy) is 1. The summed E-state index contributed by atoms with van der Waals surface area (Å²) in [4.78, 5) is 12.8. The first-order valence-corrected chi connectivity index (χ1v) is 9.37. The van der Waals surface area contributed by atoms with Gasteiger partial charge in [0.25, 0.3) is 5.91 Å². The molecule has 2 aromatic carbocycles. The van der Waals surface area contributed by atoms with E-state index in [4.69, 9.17) is 4.74 Å². The second-order valence-corrected chi connectivity index (χ2v) is 7.57. The van der Waals surface area contributed by atoms with E-state index in [-0.39, 0.29) is 11.9 Å². The van der Waals surface area contributed by atoms with E-state index >= 15 is 0 Å². The minimum atomic E-state index is -0.548. The molecule has 0 aliphatic carbocycles. The Bertz CT molecular complexity index is 737. The van der Waals surface area contributed by atoms with Crippen LogP contribution >= 0.6 is 0 Å². The van der Waals surface area contributed by atoms with Crippen LogP contribution in [0, 0.1) is 26.7 Å². The molecule has 0 aliphatic rings. The summed E-state index contributed by atoms with van der Waals surface area (Å²) < 4.78 is 6.00. The number of carbonyl (C=O) groups is 1. The van der Waals surface area contributed by atoms with E-state index < -0.39 is 6.10 Å². The average molecular weight is 354 g/mol. The number of rotatable bonds is 7. The van der Waals surface area contributed by atoms with Gasteiger partial charge < -0.3 is 10.1 Å². The molecule has 0 spiro atoms. The molecule has 0 aromatic heterocycles. The van der Waals surface area contributed by atoms with Crippen molar-refractivity contribution < 1.29 is 9.53 Å². The third kappa shape index (κ3) is 5.35. The molecule has 0 radical (unpaired) electrons. The predicted octanol–water partition coefficient (Wildman–Crippen LogP) is 5.28. The van der Waals surface area contributed by atoms with E-state index in [0.29, 0.717) is 5.92 Å². The summed E-state index contributed by atoms with van der Waals surface area (Å²) in [6.45, 7) is 12.3. The fraction of sp³-hybridized carbons (Fsp3) is 0.435. The van der Waals surface area contributed by atoms with E-state index in [9.17, 15) is 4.79 Å². The maximum Gasteiger partial charge on any atom is 0.261 e. The Labute approximate surface area is 157 Å². The van der Waals surface area contributed by atoms with Gasteiger partial charge in [0, 0.05) is 0 Å².